The van der Waals surface area contributed by atoms with Crippen molar-refractivity contribution in [1.29, 1.82) is 0 Å². The minimum Gasteiger partial charge on any atom is -0.340 e. The van der Waals surface area contributed by atoms with Crippen LogP contribution in [0.15, 0.2) is 110 Å². The summed E-state index contributed by atoms with van der Waals surface area (Å²) in [6, 6.07) is 21.3. The van der Waals surface area contributed by atoms with Crippen LogP contribution in [0.4, 0.5) is 0 Å². The van der Waals surface area contributed by atoms with E-state index >= 15 is 0 Å². The normalized spacial score (nSPS) is 14.4. The van der Waals surface area contributed by atoms with Gasteiger partial charge >= 0.3 is 0 Å². The number of nitrogens with zero attached hydrogens (tertiary/aromatic N) is 1. The molecule has 0 fully saturated rings. The first kappa shape index (κ1) is 16.1. The molecule has 0 N–H and O–H groups in total. The van der Waals surface area contributed by atoms with Crippen LogP contribution in [0.25, 0.3) is 0 Å². The Kier molecular flexibility index (Phi) is 4.81. The smallest absolute Gasteiger partial charge is 0.104 e. The van der Waals surface area contributed by atoms with Gasteiger partial charge in [0.15, 0.2) is 0 Å². The largest absolute Gasteiger partial charge is 0.340 e. The van der Waals surface area contributed by atoms with E-state index in [2.05, 4.69) is 109 Å². The van der Waals surface area contributed by atoms with Gasteiger partial charge in [0.1, 0.15) is 5.54 Å². The van der Waals surface area contributed by atoms with Crippen molar-refractivity contribution in [2.45, 2.75) is 12.5 Å². The molecule has 0 aliphatic heterocycles. The Morgan fingerprint density at radius 1 is 0.875 bits per heavy atom. The average Bonchev–Trinajstić information content (AvgIpc) is 3.18. The third-order valence-corrected chi connectivity index (χ3v) is 4.57. The maximum atomic E-state index is 4.09. The Hall–Kier alpha value is -2.80. The first-order chi connectivity index (χ1) is 11.8. The molecule has 1 aliphatic carbocycles. The van der Waals surface area contributed by atoms with Gasteiger partial charge in [-0.3, -0.25) is 0 Å². The molecule has 0 heterocycles. The minimum absolute atomic E-state index is 0.219. The molecule has 2 aromatic carbocycles. The first-order valence-corrected chi connectivity index (χ1v) is 8.34. The van der Waals surface area contributed by atoms with Crippen molar-refractivity contribution in [2.24, 2.45) is 5.92 Å². The molecule has 0 radical (unpaired) electrons. The van der Waals surface area contributed by atoms with Crippen molar-refractivity contribution in [3.05, 3.63) is 121 Å². The summed E-state index contributed by atoms with van der Waals surface area (Å²) < 4.78 is 0. The lowest BCUT2D eigenvalue weighted by Gasteiger charge is -2.46. The van der Waals surface area contributed by atoms with Gasteiger partial charge in [-0.25, -0.2) is 0 Å². The van der Waals surface area contributed by atoms with Gasteiger partial charge in [0.05, 0.1) is 0 Å². The van der Waals surface area contributed by atoms with Crippen LogP contribution >= 0.6 is 0 Å². The molecular formula is C23H23N. The highest BCUT2D eigenvalue weighted by Crippen LogP contribution is 2.45. The summed E-state index contributed by atoms with van der Waals surface area (Å²) in [5.74, 6) is 0.219. The van der Waals surface area contributed by atoms with Crippen LogP contribution in [0.2, 0.25) is 0 Å². The monoisotopic (exact) mass is 313 g/mol. The molecule has 0 bridgehead atoms. The van der Waals surface area contributed by atoms with E-state index in [4.69, 9.17) is 0 Å². The second kappa shape index (κ2) is 7.18. The van der Waals surface area contributed by atoms with Gasteiger partial charge in [-0.1, -0.05) is 97.6 Å². The van der Waals surface area contributed by atoms with Crippen molar-refractivity contribution in [1.82, 2.24) is 4.90 Å². The predicted octanol–water partition coefficient (Wildman–Crippen LogP) is 5.65. The van der Waals surface area contributed by atoms with Crippen molar-refractivity contribution in [3.63, 3.8) is 0 Å². The number of benzene rings is 2. The summed E-state index contributed by atoms with van der Waals surface area (Å²) in [4.78, 5) is 2.22. The van der Waals surface area contributed by atoms with Crippen molar-refractivity contribution >= 4 is 0 Å². The van der Waals surface area contributed by atoms with Gasteiger partial charge in [0.25, 0.3) is 0 Å². The highest BCUT2D eigenvalue weighted by molar-refractivity contribution is 5.45. The Bertz CT molecular complexity index is 702. The standard InChI is InChI=1S/C23H23N/c1-3-19-24(4-2)23(22-17-11-12-18-22,20-13-7-5-8-14-20)21-15-9-6-10-16-21/h3-19,22H,2H2,1H3/b19-3-. The Morgan fingerprint density at radius 3 is 1.79 bits per heavy atom. The molecule has 0 saturated heterocycles. The van der Waals surface area contributed by atoms with E-state index in [1.807, 2.05) is 13.1 Å². The molecule has 2 aromatic rings. The van der Waals surface area contributed by atoms with Gasteiger partial charge in [0, 0.05) is 12.1 Å². The lowest BCUT2D eigenvalue weighted by Crippen LogP contribution is -2.46. The molecule has 0 atom stereocenters. The zero-order chi connectivity index (χ0) is 16.8. The molecule has 24 heavy (non-hydrogen) atoms. The van der Waals surface area contributed by atoms with Crippen LogP contribution in [-0.2, 0) is 5.54 Å². The topological polar surface area (TPSA) is 3.24 Å². The number of allylic oxidation sites excluding steroid dienone is 3. The van der Waals surface area contributed by atoms with E-state index in [-0.39, 0.29) is 11.5 Å². The summed E-state index contributed by atoms with van der Waals surface area (Å²) in [5.41, 5.74) is 2.13. The number of hydrogen-bond acceptors (Lipinski definition) is 1. The van der Waals surface area contributed by atoms with Crippen LogP contribution in [0.3, 0.4) is 0 Å². The van der Waals surface area contributed by atoms with E-state index in [9.17, 15) is 0 Å². The van der Waals surface area contributed by atoms with E-state index in [1.165, 1.54) is 11.1 Å². The van der Waals surface area contributed by atoms with Crippen LogP contribution in [0.1, 0.15) is 18.1 Å². The Labute approximate surface area is 144 Å². The molecule has 120 valence electrons. The molecular weight excluding hydrogens is 290 g/mol. The minimum atomic E-state index is -0.361. The zero-order valence-electron chi connectivity index (χ0n) is 14.0. The quantitative estimate of drug-likeness (QED) is 0.666. The van der Waals surface area contributed by atoms with Crippen LogP contribution in [0.5, 0.6) is 0 Å². The zero-order valence-corrected chi connectivity index (χ0v) is 14.0. The Balaban J connectivity index is 2.34. The molecule has 0 aromatic heterocycles. The highest BCUT2D eigenvalue weighted by atomic mass is 15.2. The fourth-order valence-corrected chi connectivity index (χ4v) is 3.60. The summed E-state index contributed by atoms with van der Waals surface area (Å²) in [7, 11) is 0. The SMILES string of the molecule is C=CN(/C=C\C)C(c1ccccc1)(c1ccccc1)C1C=CC=C1. The van der Waals surface area contributed by atoms with Crippen LogP contribution in [-0.4, -0.2) is 4.90 Å². The van der Waals surface area contributed by atoms with Gasteiger partial charge in [-0.2, -0.15) is 0 Å². The fraction of sp³-hybridized carbons (Fsp3) is 0.130. The summed E-state index contributed by atoms with van der Waals surface area (Å²) in [6.45, 7) is 6.13. The van der Waals surface area contributed by atoms with Crippen molar-refractivity contribution < 1.29 is 0 Å². The molecule has 1 aliphatic rings. The average molecular weight is 313 g/mol. The lowest BCUT2D eigenvalue weighted by molar-refractivity contribution is 0.220. The predicted molar refractivity (Wildman–Crippen MR) is 102 cm³/mol. The summed E-state index contributed by atoms with van der Waals surface area (Å²) in [5, 5.41) is 0. The second-order valence-corrected chi connectivity index (χ2v) is 5.87. The van der Waals surface area contributed by atoms with Gasteiger partial charge in [-0.05, 0) is 24.3 Å². The van der Waals surface area contributed by atoms with E-state index < -0.39 is 0 Å². The van der Waals surface area contributed by atoms with E-state index in [0.717, 1.165) is 0 Å². The first-order valence-electron chi connectivity index (χ1n) is 8.34. The number of hydrogen-bond donors (Lipinski definition) is 0. The van der Waals surface area contributed by atoms with Gasteiger partial charge in [0.2, 0.25) is 0 Å². The summed E-state index contributed by atoms with van der Waals surface area (Å²) in [6.07, 6.45) is 14.9. The molecule has 1 heteroatoms. The Morgan fingerprint density at radius 2 is 1.38 bits per heavy atom. The van der Waals surface area contributed by atoms with Gasteiger partial charge < -0.3 is 4.90 Å². The molecule has 3 rings (SSSR count). The lowest BCUT2D eigenvalue weighted by atomic mass is 9.72. The molecule has 0 spiro atoms. The third kappa shape index (κ3) is 2.63. The van der Waals surface area contributed by atoms with Crippen molar-refractivity contribution in [2.75, 3.05) is 0 Å². The van der Waals surface area contributed by atoms with Crippen LogP contribution in [0, 0.1) is 5.92 Å². The maximum absolute atomic E-state index is 4.09. The highest BCUT2D eigenvalue weighted by Gasteiger charge is 2.43. The van der Waals surface area contributed by atoms with E-state index in [0.29, 0.717) is 0 Å². The van der Waals surface area contributed by atoms with E-state index in [1.54, 1.807) is 0 Å². The summed E-state index contributed by atoms with van der Waals surface area (Å²) >= 11 is 0. The molecule has 0 amide bonds. The van der Waals surface area contributed by atoms with Crippen LogP contribution < -0.4 is 0 Å². The second-order valence-electron chi connectivity index (χ2n) is 5.87. The maximum Gasteiger partial charge on any atom is 0.104 e. The van der Waals surface area contributed by atoms with Gasteiger partial charge in [-0.15, -0.1) is 0 Å². The molecule has 1 nitrogen and oxygen atoms in total. The third-order valence-electron chi connectivity index (χ3n) is 4.57. The fourth-order valence-electron chi connectivity index (χ4n) is 3.60. The molecule has 0 saturated carbocycles. The number of rotatable bonds is 6. The van der Waals surface area contributed by atoms with Crippen molar-refractivity contribution in [3.8, 4) is 0 Å². The molecule has 0 unspecified atom stereocenters.